The Kier molecular flexibility index (Phi) is 7.17. The summed E-state index contributed by atoms with van der Waals surface area (Å²) < 4.78 is 6.27. The van der Waals surface area contributed by atoms with Gasteiger partial charge in [-0.05, 0) is 51.6 Å². The first-order chi connectivity index (χ1) is 24.3. The highest BCUT2D eigenvalue weighted by Crippen LogP contribution is 2.38. The van der Waals surface area contributed by atoms with Crippen LogP contribution in [-0.2, 0) is 0 Å². The van der Waals surface area contributed by atoms with Gasteiger partial charge in [0.15, 0.2) is 6.17 Å². The van der Waals surface area contributed by atoms with Crippen LogP contribution in [0.1, 0.15) is 22.9 Å². The van der Waals surface area contributed by atoms with E-state index in [1.54, 1.807) is 0 Å². The fourth-order valence-electron chi connectivity index (χ4n) is 6.77. The van der Waals surface area contributed by atoms with Crippen molar-refractivity contribution in [3.63, 3.8) is 0 Å². The Morgan fingerprint density at radius 3 is 1.65 bits per heavy atom. The van der Waals surface area contributed by atoms with Crippen LogP contribution in [0.2, 0.25) is 0 Å². The van der Waals surface area contributed by atoms with Crippen molar-refractivity contribution >= 4 is 33.6 Å². The van der Waals surface area contributed by atoms with Crippen molar-refractivity contribution in [3.8, 4) is 33.4 Å². The van der Waals surface area contributed by atoms with Crippen LogP contribution in [0.25, 0.3) is 55.3 Å². The maximum atomic E-state index is 6.27. The van der Waals surface area contributed by atoms with Crippen molar-refractivity contribution in [2.45, 2.75) is 6.17 Å². The molecule has 49 heavy (non-hydrogen) atoms. The Balaban J connectivity index is 1.20. The molecule has 0 saturated carbocycles. The monoisotopic (exact) mass is 629 g/mol. The molecule has 0 aliphatic carbocycles. The number of nitrogens with one attached hydrogen (secondary N) is 1. The van der Waals surface area contributed by atoms with E-state index in [9.17, 15) is 0 Å². The van der Waals surface area contributed by atoms with Crippen LogP contribution in [-0.4, -0.2) is 11.7 Å². The summed E-state index contributed by atoms with van der Waals surface area (Å²) in [5.74, 6) is 1.54. The van der Waals surface area contributed by atoms with Gasteiger partial charge >= 0.3 is 0 Å². The molecule has 0 bridgehead atoms. The first kappa shape index (κ1) is 28.7. The molecular formula is C45H31N3O. The van der Waals surface area contributed by atoms with Crippen LogP contribution in [0.15, 0.2) is 190 Å². The zero-order chi connectivity index (χ0) is 32.6. The molecule has 4 nitrogen and oxygen atoms in total. The van der Waals surface area contributed by atoms with Gasteiger partial charge in [0.05, 0.1) is 0 Å². The zero-order valence-corrected chi connectivity index (χ0v) is 26.6. The van der Waals surface area contributed by atoms with E-state index >= 15 is 0 Å². The molecule has 1 unspecified atom stereocenters. The van der Waals surface area contributed by atoms with E-state index in [4.69, 9.17) is 14.4 Å². The number of fused-ring (bicyclic) bond motifs is 3. The Bertz CT molecular complexity index is 2500. The fraction of sp³-hybridized carbons (Fsp3) is 0.0222. The number of benzene rings is 7. The summed E-state index contributed by atoms with van der Waals surface area (Å²) in [7, 11) is 0. The third-order valence-electron chi connectivity index (χ3n) is 9.18. The average molecular weight is 630 g/mol. The maximum Gasteiger partial charge on any atom is 0.170 e. The first-order valence-corrected chi connectivity index (χ1v) is 16.5. The van der Waals surface area contributed by atoms with Crippen LogP contribution >= 0.6 is 0 Å². The molecule has 0 spiro atoms. The highest BCUT2D eigenvalue weighted by Gasteiger charge is 2.24. The molecule has 7 aromatic carbocycles. The average Bonchev–Trinajstić information content (AvgIpc) is 3.58. The second-order valence-corrected chi connectivity index (χ2v) is 12.2. The molecular weight excluding hydrogens is 599 g/mol. The first-order valence-electron chi connectivity index (χ1n) is 16.5. The number of furan rings is 1. The zero-order valence-electron chi connectivity index (χ0n) is 26.6. The molecule has 0 fully saturated rings. The molecule has 1 aliphatic rings. The smallest absolute Gasteiger partial charge is 0.170 e. The molecule has 1 N–H and O–H groups in total. The largest absolute Gasteiger partial charge is 0.456 e. The van der Waals surface area contributed by atoms with Crippen LogP contribution in [0, 0.1) is 0 Å². The molecule has 1 aliphatic heterocycles. The Morgan fingerprint density at radius 1 is 0.408 bits per heavy atom. The minimum Gasteiger partial charge on any atom is -0.456 e. The second kappa shape index (κ2) is 12.3. The standard InChI is InChI=1S/C45H31N3O/c1-4-13-30(14-5-1)31-23-25-34(26-24-31)43-46-44(48-45(47-43)38-20-12-22-41-42(38)37-19-10-11-21-40(37)49-41)35-27-28-36(32-15-6-2-7-16-32)39(29-35)33-17-8-3-9-18-33/h1-29,45H,(H,46,47,48). The summed E-state index contributed by atoms with van der Waals surface area (Å²) in [5, 5.41) is 5.74. The third kappa shape index (κ3) is 5.39. The molecule has 0 radical (unpaired) electrons. The van der Waals surface area contributed by atoms with Crippen LogP contribution in [0.4, 0.5) is 0 Å². The molecule has 0 saturated heterocycles. The van der Waals surface area contributed by atoms with E-state index in [1.807, 2.05) is 36.4 Å². The number of hydrogen-bond acceptors (Lipinski definition) is 4. The predicted molar refractivity (Wildman–Crippen MR) is 202 cm³/mol. The predicted octanol–water partition coefficient (Wildman–Crippen LogP) is 11.1. The summed E-state index contributed by atoms with van der Waals surface area (Å²) in [5.41, 5.74) is 11.6. The van der Waals surface area contributed by atoms with Gasteiger partial charge in [0.1, 0.15) is 22.8 Å². The van der Waals surface area contributed by atoms with Gasteiger partial charge in [-0.2, -0.15) is 0 Å². The van der Waals surface area contributed by atoms with E-state index in [1.165, 1.54) is 16.7 Å². The van der Waals surface area contributed by atoms with Crippen molar-refractivity contribution in [2.24, 2.45) is 9.98 Å². The van der Waals surface area contributed by atoms with Gasteiger partial charge in [-0.15, -0.1) is 0 Å². The van der Waals surface area contributed by atoms with E-state index in [2.05, 4.69) is 145 Å². The van der Waals surface area contributed by atoms with Crippen molar-refractivity contribution in [1.82, 2.24) is 5.32 Å². The van der Waals surface area contributed by atoms with Gasteiger partial charge in [-0.1, -0.05) is 158 Å². The molecule has 9 rings (SSSR count). The van der Waals surface area contributed by atoms with Gasteiger partial charge in [0.2, 0.25) is 0 Å². The van der Waals surface area contributed by atoms with Crippen molar-refractivity contribution in [2.75, 3.05) is 0 Å². The topological polar surface area (TPSA) is 49.9 Å². The number of amidine groups is 2. The highest BCUT2D eigenvalue weighted by atomic mass is 16.3. The molecule has 0 amide bonds. The van der Waals surface area contributed by atoms with Gasteiger partial charge in [0.25, 0.3) is 0 Å². The highest BCUT2D eigenvalue weighted by molar-refractivity contribution is 6.17. The van der Waals surface area contributed by atoms with E-state index < -0.39 is 6.17 Å². The fourth-order valence-corrected chi connectivity index (χ4v) is 6.77. The lowest BCUT2D eigenvalue weighted by molar-refractivity contribution is 0.667. The number of aliphatic imine (C=N–C) groups is 2. The lowest BCUT2D eigenvalue weighted by Crippen LogP contribution is -2.36. The van der Waals surface area contributed by atoms with E-state index in [0.717, 1.165) is 67.0 Å². The van der Waals surface area contributed by atoms with Gasteiger partial charge in [-0.3, -0.25) is 0 Å². The number of nitrogens with zero attached hydrogens (tertiary/aromatic N) is 2. The summed E-state index contributed by atoms with van der Waals surface area (Å²) in [6, 6.07) is 61.1. The summed E-state index contributed by atoms with van der Waals surface area (Å²) in [6.07, 6.45) is -0.487. The van der Waals surface area contributed by atoms with Crippen molar-refractivity contribution in [1.29, 1.82) is 0 Å². The molecule has 1 aromatic heterocycles. The van der Waals surface area contributed by atoms with Crippen LogP contribution in [0.3, 0.4) is 0 Å². The Labute approximate surface area is 284 Å². The number of rotatable bonds is 6. The third-order valence-corrected chi connectivity index (χ3v) is 9.18. The Hall–Kier alpha value is -6.52. The number of para-hydroxylation sites is 1. The van der Waals surface area contributed by atoms with Crippen molar-refractivity contribution < 1.29 is 4.42 Å². The maximum absolute atomic E-state index is 6.27. The second-order valence-electron chi connectivity index (χ2n) is 12.2. The van der Waals surface area contributed by atoms with Crippen molar-refractivity contribution in [3.05, 3.63) is 193 Å². The molecule has 8 aromatic rings. The van der Waals surface area contributed by atoms with E-state index in [0.29, 0.717) is 0 Å². The normalized spacial score (nSPS) is 14.3. The number of hydrogen-bond donors (Lipinski definition) is 1. The van der Waals surface area contributed by atoms with Crippen LogP contribution in [0.5, 0.6) is 0 Å². The minimum atomic E-state index is -0.487. The van der Waals surface area contributed by atoms with Gasteiger partial charge < -0.3 is 9.73 Å². The lowest BCUT2D eigenvalue weighted by Gasteiger charge is -2.23. The summed E-state index contributed by atoms with van der Waals surface area (Å²) in [4.78, 5) is 10.6. The molecule has 1 atom stereocenters. The van der Waals surface area contributed by atoms with Gasteiger partial charge in [-0.25, -0.2) is 9.98 Å². The summed E-state index contributed by atoms with van der Waals surface area (Å²) in [6.45, 7) is 0. The SMILES string of the molecule is c1ccc(-c2ccc(C3=NC(c4cccc5oc6ccccc6c45)N=C(c4ccc(-c5ccccc5)c(-c5ccccc5)c4)N3)cc2)cc1. The summed E-state index contributed by atoms with van der Waals surface area (Å²) >= 11 is 0. The van der Waals surface area contributed by atoms with Gasteiger partial charge in [0, 0.05) is 27.5 Å². The molecule has 2 heterocycles. The quantitative estimate of drug-likeness (QED) is 0.199. The lowest BCUT2D eigenvalue weighted by atomic mass is 9.92. The molecule has 4 heteroatoms. The minimum absolute atomic E-state index is 0.487. The Morgan fingerprint density at radius 2 is 0.939 bits per heavy atom. The van der Waals surface area contributed by atoms with E-state index in [-0.39, 0.29) is 0 Å². The van der Waals surface area contributed by atoms with Crippen LogP contribution < -0.4 is 5.32 Å². The molecule has 232 valence electrons.